The maximum Gasteiger partial charge on any atom is 0.390 e. The van der Waals surface area contributed by atoms with Gasteiger partial charge in [0.15, 0.2) is 5.82 Å². The van der Waals surface area contributed by atoms with Gasteiger partial charge in [-0.1, -0.05) is 0 Å². The lowest BCUT2D eigenvalue weighted by atomic mass is 10.3. The van der Waals surface area contributed by atoms with Gasteiger partial charge in [-0.2, -0.15) is 0 Å². The molecule has 0 aliphatic heterocycles. The third kappa shape index (κ3) is 2.03. The molecule has 0 aliphatic carbocycles. The van der Waals surface area contributed by atoms with Crippen LogP contribution in [-0.4, -0.2) is 30.8 Å². The molecule has 0 unspecified atom stereocenters. The van der Waals surface area contributed by atoms with Gasteiger partial charge in [0.2, 0.25) is 0 Å². The Kier molecular flexibility index (Phi) is 2.76. The van der Waals surface area contributed by atoms with Gasteiger partial charge in [0.25, 0.3) is 0 Å². The summed E-state index contributed by atoms with van der Waals surface area (Å²) in [6.07, 6.45) is 1.17. The Bertz CT molecular complexity index is 617. The van der Waals surface area contributed by atoms with Crippen molar-refractivity contribution in [1.82, 2.24) is 14.8 Å². The molecule has 8 heteroatoms. The summed E-state index contributed by atoms with van der Waals surface area (Å²) in [4.78, 5) is 24.5. The van der Waals surface area contributed by atoms with Crippen LogP contribution in [0.4, 0.5) is 5.82 Å². The van der Waals surface area contributed by atoms with Crippen LogP contribution in [0.3, 0.4) is 0 Å². The molecule has 92 valence electrons. The maximum absolute atomic E-state index is 10.7. The minimum absolute atomic E-state index is 0.0399. The summed E-state index contributed by atoms with van der Waals surface area (Å²) in [7, 11) is 0. The highest BCUT2D eigenvalue weighted by Crippen LogP contribution is 2.15. The molecule has 0 aromatic carbocycles. The van der Waals surface area contributed by atoms with E-state index in [1.54, 1.807) is 6.92 Å². The minimum Gasteiger partial charge on any atom is -0.478 e. The van der Waals surface area contributed by atoms with Gasteiger partial charge in [-0.05, 0) is 24.0 Å². The molecule has 0 amide bonds. The monoisotopic (exact) mass is 248 g/mol. The van der Waals surface area contributed by atoms with Crippen LogP contribution in [0.25, 0.3) is 5.82 Å². The van der Waals surface area contributed by atoms with Crippen molar-refractivity contribution in [1.29, 1.82) is 0 Å². The molecule has 0 fully saturated rings. The van der Waals surface area contributed by atoms with Gasteiger partial charge >= 0.3 is 11.8 Å². The van der Waals surface area contributed by atoms with E-state index in [1.165, 1.54) is 29.1 Å². The molecule has 2 aromatic heterocycles. The maximum atomic E-state index is 10.7. The molecule has 0 radical (unpaired) electrons. The van der Waals surface area contributed by atoms with Gasteiger partial charge < -0.3 is 15.2 Å². The highest BCUT2D eigenvalue weighted by molar-refractivity contribution is 5.87. The van der Waals surface area contributed by atoms with E-state index in [4.69, 9.17) is 5.11 Å². The van der Waals surface area contributed by atoms with Crippen molar-refractivity contribution in [2.75, 3.05) is 0 Å². The van der Waals surface area contributed by atoms with Crippen LogP contribution in [0.5, 0.6) is 0 Å². The molecule has 0 spiro atoms. The largest absolute Gasteiger partial charge is 0.478 e. The van der Waals surface area contributed by atoms with E-state index in [0.717, 1.165) is 0 Å². The number of nitro groups is 1. The van der Waals surface area contributed by atoms with E-state index >= 15 is 0 Å². The van der Waals surface area contributed by atoms with Gasteiger partial charge in [-0.3, -0.25) is 0 Å². The number of aromatic nitrogens is 3. The molecule has 18 heavy (non-hydrogen) atoms. The summed E-state index contributed by atoms with van der Waals surface area (Å²) in [6.45, 7) is 1.65. The normalized spacial score (nSPS) is 10.3. The number of carbonyl (C=O) groups is 1. The Labute approximate surface area is 101 Å². The van der Waals surface area contributed by atoms with Crippen LogP contribution < -0.4 is 0 Å². The number of rotatable bonds is 3. The number of hydrogen-bond donors (Lipinski definition) is 1. The number of carboxylic acid groups (broad SMARTS) is 1. The lowest BCUT2D eigenvalue weighted by molar-refractivity contribution is -0.389. The third-order valence-corrected chi connectivity index (χ3v) is 2.27. The predicted molar refractivity (Wildman–Crippen MR) is 59.7 cm³/mol. The van der Waals surface area contributed by atoms with Crippen molar-refractivity contribution < 1.29 is 14.8 Å². The first-order valence-electron chi connectivity index (χ1n) is 4.90. The van der Waals surface area contributed by atoms with Crippen LogP contribution in [0, 0.1) is 17.0 Å². The van der Waals surface area contributed by atoms with Crippen LogP contribution in [0.2, 0.25) is 0 Å². The third-order valence-electron chi connectivity index (χ3n) is 2.27. The Hall–Kier alpha value is -2.77. The lowest BCUT2D eigenvalue weighted by Gasteiger charge is -1.98. The Morgan fingerprint density at radius 2 is 2.22 bits per heavy atom. The highest BCUT2D eigenvalue weighted by Gasteiger charge is 2.17. The molecule has 2 rings (SSSR count). The average Bonchev–Trinajstić information content (AvgIpc) is 2.71. The van der Waals surface area contributed by atoms with Crippen LogP contribution in [-0.2, 0) is 0 Å². The van der Waals surface area contributed by atoms with Crippen LogP contribution in [0.15, 0.2) is 24.4 Å². The fourth-order valence-corrected chi connectivity index (χ4v) is 1.42. The zero-order valence-electron chi connectivity index (χ0n) is 9.27. The van der Waals surface area contributed by atoms with Crippen molar-refractivity contribution in [3.63, 3.8) is 0 Å². The van der Waals surface area contributed by atoms with Gasteiger partial charge in [0.05, 0.1) is 22.4 Å². The van der Waals surface area contributed by atoms with Crippen LogP contribution in [0.1, 0.15) is 16.1 Å². The number of aromatic carboxylic acids is 1. The smallest absolute Gasteiger partial charge is 0.390 e. The molecular formula is C10H8N4O4. The van der Waals surface area contributed by atoms with Crippen molar-refractivity contribution >= 4 is 11.8 Å². The first kappa shape index (κ1) is 11.7. The van der Waals surface area contributed by atoms with Gasteiger partial charge in [0, 0.05) is 6.20 Å². The Balaban J connectivity index is 2.42. The highest BCUT2D eigenvalue weighted by atomic mass is 16.6. The summed E-state index contributed by atoms with van der Waals surface area (Å²) >= 11 is 0. The summed E-state index contributed by atoms with van der Waals surface area (Å²) in [5.41, 5.74) is 0.579. The van der Waals surface area contributed by atoms with E-state index in [1.807, 2.05) is 0 Å². The van der Waals surface area contributed by atoms with Gasteiger partial charge in [-0.25, -0.2) is 9.78 Å². The van der Waals surface area contributed by atoms with Crippen molar-refractivity contribution in [3.8, 4) is 5.82 Å². The number of aryl methyl sites for hydroxylation is 1. The minimum atomic E-state index is -1.09. The van der Waals surface area contributed by atoms with E-state index in [0.29, 0.717) is 11.5 Å². The molecule has 0 atom stereocenters. The topological polar surface area (TPSA) is 111 Å². The average molecular weight is 248 g/mol. The van der Waals surface area contributed by atoms with E-state index < -0.39 is 10.9 Å². The number of carboxylic acids is 1. The predicted octanol–water partition coefficient (Wildman–Crippen LogP) is 1.18. The molecule has 0 aliphatic rings. The summed E-state index contributed by atoms with van der Waals surface area (Å²) in [6, 6.07) is 4.11. The first-order chi connectivity index (χ1) is 8.49. The summed E-state index contributed by atoms with van der Waals surface area (Å²) in [5, 5.41) is 23.1. The molecule has 2 aromatic rings. The fourth-order valence-electron chi connectivity index (χ4n) is 1.42. The van der Waals surface area contributed by atoms with Crippen molar-refractivity contribution in [3.05, 3.63) is 45.8 Å². The molecule has 0 saturated carbocycles. The number of hydrogen-bond acceptors (Lipinski definition) is 5. The zero-order valence-corrected chi connectivity index (χ0v) is 9.27. The van der Waals surface area contributed by atoms with Gasteiger partial charge in [0.1, 0.15) is 0 Å². The Morgan fingerprint density at radius 3 is 2.67 bits per heavy atom. The molecular weight excluding hydrogens is 240 g/mol. The quantitative estimate of drug-likeness (QED) is 0.644. The number of pyridine rings is 1. The van der Waals surface area contributed by atoms with Crippen molar-refractivity contribution in [2.45, 2.75) is 6.92 Å². The number of nitrogens with zero attached hydrogens (tertiary/aromatic N) is 4. The van der Waals surface area contributed by atoms with Gasteiger partial charge in [-0.15, -0.1) is 4.68 Å². The second-order valence-electron chi connectivity index (χ2n) is 3.52. The Morgan fingerprint density at radius 1 is 1.50 bits per heavy atom. The fraction of sp³-hybridized carbons (Fsp3) is 0.100. The first-order valence-corrected chi connectivity index (χ1v) is 4.90. The lowest BCUT2D eigenvalue weighted by Crippen LogP contribution is -2.04. The van der Waals surface area contributed by atoms with E-state index in [-0.39, 0.29) is 11.4 Å². The second-order valence-corrected chi connectivity index (χ2v) is 3.52. The summed E-state index contributed by atoms with van der Waals surface area (Å²) < 4.78 is 1.28. The van der Waals surface area contributed by atoms with Crippen LogP contribution >= 0.6 is 0 Å². The summed E-state index contributed by atoms with van der Waals surface area (Å²) in [5.74, 6) is -1.04. The second kappa shape index (κ2) is 4.24. The molecule has 0 bridgehead atoms. The van der Waals surface area contributed by atoms with E-state index in [9.17, 15) is 14.9 Å². The molecule has 1 N–H and O–H groups in total. The standard InChI is InChI=1S/C10H8N4O4/c1-6-4-9(14(17)18)12-13(6)8-3-2-7(5-11-8)10(15)16/h2-5H,1H3,(H,15,16). The SMILES string of the molecule is Cc1cc([N+](=O)[O-])nn1-c1ccc(C(=O)O)cn1. The zero-order chi connectivity index (χ0) is 13.3. The molecule has 2 heterocycles. The van der Waals surface area contributed by atoms with Crippen molar-refractivity contribution in [2.24, 2.45) is 0 Å². The molecule has 0 saturated heterocycles. The van der Waals surface area contributed by atoms with E-state index in [2.05, 4.69) is 10.1 Å². The molecule has 8 nitrogen and oxygen atoms in total.